The zero-order valence-electron chi connectivity index (χ0n) is 10.9. The van der Waals surface area contributed by atoms with Gasteiger partial charge in [0.25, 0.3) is 0 Å². The minimum atomic E-state index is 0.171. The molecule has 0 spiro atoms. The van der Waals surface area contributed by atoms with E-state index >= 15 is 0 Å². The van der Waals surface area contributed by atoms with Gasteiger partial charge in [0.2, 0.25) is 5.88 Å². The molecule has 1 aliphatic rings. The van der Waals surface area contributed by atoms with Gasteiger partial charge in [0.1, 0.15) is 6.10 Å². The summed E-state index contributed by atoms with van der Waals surface area (Å²) < 4.78 is 5.89. The molecule has 3 heteroatoms. The third kappa shape index (κ3) is 1.95. The van der Waals surface area contributed by atoms with Crippen LogP contribution < -0.4 is 10.1 Å². The molecule has 0 radical (unpaired) electrons. The molecule has 1 N–H and O–H groups in total. The smallest absolute Gasteiger partial charge is 0.218 e. The Labute approximate surface area is 107 Å². The molecule has 0 saturated carbocycles. The first-order chi connectivity index (χ1) is 8.78. The maximum Gasteiger partial charge on any atom is 0.218 e. The van der Waals surface area contributed by atoms with Gasteiger partial charge in [0.05, 0.1) is 5.52 Å². The summed E-state index contributed by atoms with van der Waals surface area (Å²) in [5, 5.41) is 4.58. The average Bonchev–Trinajstić information content (AvgIpc) is 2.55. The fraction of sp³-hybridized carbons (Fsp3) is 0.400. The van der Waals surface area contributed by atoms with E-state index in [1.54, 1.807) is 0 Å². The Morgan fingerprint density at radius 1 is 1.44 bits per heavy atom. The molecule has 1 aromatic heterocycles. The number of benzene rings is 1. The zero-order chi connectivity index (χ0) is 12.5. The van der Waals surface area contributed by atoms with Crippen molar-refractivity contribution in [3.05, 3.63) is 35.4 Å². The van der Waals surface area contributed by atoms with Crippen LogP contribution in [-0.4, -0.2) is 17.6 Å². The van der Waals surface area contributed by atoms with Crippen molar-refractivity contribution in [3.8, 4) is 5.88 Å². The molecule has 18 heavy (non-hydrogen) atoms. The van der Waals surface area contributed by atoms with Crippen LogP contribution in [0.2, 0.25) is 0 Å². The van der Waals surface area contributed by atoms with Gasteiger partial charge < -0.3 is 10.1 Å². The number of para-hydroxylation sites is 1. The quantitative estimate of drug-likeness (QED) is 0.834. The fourth-order valence-corrected chi connectivity index (χ4v) is 2.44. The number of fused-ring (bicyclic) bond motifs is 2. The van der Waals surface area contributed by atoms with Crippen molar-refractivity contribution in [3.63, 3.8) is 0 Å². The number of aryl methyl sites for hydroxylation is 1. The summed E-state index contributed by atoms with van der Waals surface area (Å²) in [6.07, 6.45) is 1.17. The molecular weight excluding hydrogens is 224 g/mol. The summed E-state index contributed by atoms with van der Waals surface area (Å²) >= 11 is 0. The number of ether oxygens (including phenoxy) is 1. The van der Waals surface area contributed by atoms with E-state index in [1.807, 2.05) is 0 Å². The van der Waals surface area contributed by atoms with Crippen LogP contribution in [0.5, 0.6) is 5.88 Å². The summed E-state index contributed by atoms with van der Waals surface area (Å²) in [4.78, 5) is 4.73. The predicted octanol–water partition coefficient (Wildman–Crippen LogP) is 2.67. The lowest BCUT2D eigenvalue weighted by molar-refractivity contribution is 0.218. The molecule has 3 rings (SSSR count). The first-order valence-corrected chi connectivity index (χ1v) is 6.57. The second-order valence-corrected chi connectivity index (χ2v) is 4.85. The molecule has 0 amide bonds. The van der Waals surface area contributed by atoms with Crippen LogP contribution in [0, 0.1) is 0 Å². The van der Waals surface area contributed by atoms with E-state index in [0.717, 1.165) is 36.5 Å². The molecule has 2 aromatic rings. The summed E-state index contributed by atoms with van der Waals surface area (Å²) in [6.45, 7) is 5.93. The number of nitrogens with zero attached hydrogens (tertiary/aromatic N) is 1. The Morgan fingerprint density at radius 3 is 3.17 bits per heavy atom. The van der Waals surface area contributed by atoms with Crippen molar-refractivity contribution in [2.75, 3.05) is 6.54 Å². The molecule has 94 valence electrons. The van der Waals surface area contributed by atoms with Crippen molar-refractivity contribution in [1.29, 1.82) is 0 Å². The van der Waals surface area contributed by atoms with E-state index < -0.39 is 0 Å². The molecule has 1 aromatic carbocycles. The molecule has 1 atom stereocenters. The second kappa shape index (κ2) is 4.58. The number of nitrogens with one attached hydrogen (secondary N) is 1. The van der Waals surface area contributed by atoms with E-state index in [1.165, 1.54) is 10.9 Å². The van der Waals surface area contributed by atoms with Gasteiger partial charge in [-0.05, 0) is 25.0 Å². The number of aromatic nitrogens is 1. The van der Waals surface area contributed by atoms with Crippen LogP contribution in [0.25, 0.3) is 10.9 Å². The van der Waals surface area contributed by atoms with Gasteiger partial charge in [-0.1, -0.05) is 25.1 Å². The van der Waals surface area contributed by atoms with Gasteiger partial charge in [-0.25, -0.2) is 4.98 Å². The Morgan fingerprint density at radius 2 is 2.33 bits per heavy atom. The predicted molar refractivity (Wildman–Crippen MR) is 72.9 cm³/mol. The van der Waals surface area contributed by atoms with E-state index in [-0.39, 0.29) is 6.10 Å². The van der Waals surface area contributed by atoms with E-state index in [2.05, 4.69) is 43.4 Å². The minimum Gasteiger partial charge on any atom is -0.473 e. The first-order valence-electron chi connectivity index (χ1n) is 6.57. The van der Waals surface area contributed by atoms with Gasteiger partial charge in [-0.3, -0.25) is 0 Å². The van der Waals surface area contributed by atoms with Gasteiger partial charge in [-0.15, -0.1) is 0 Å². The Balaban J connectivity index is 2.19. The fourth-order valence-electron chi connectivity index (χ4n) is 2.44. The van der Waals surface area contributed by atoms with Crippen LogP contribution in [0.4, 0.5) is 0 Å². The van der Waals surface area contributed by atoms with Crippen LogP contribution in [-0.2, 0) is 13.0 Å². The average molecular weight is 242 g/mol. The summed E-state index contributed by atoms with van der Waals surface area (Å²) in [5.74, 6) is 0.793. The van der Waals surface area contributed by atoms with Gasteiger partial charge in [0, 0.05) is 24.0 Å². The monoisotopic (exact) mass is 242 g/mol. The SMILES string of the molecule is CCc1cccc2cc3c(nc12)O[C@@H](C)CNC3. The van der Waals surface area contributed by atoms with E-state index in [0.29, 0.717) is 0 Å². The van der Waals surface area contributed by atoms with Crippen molar-refractivity contribution < 1.29 is 4.74 Å². The standard InChI is InChI=1S/C15H18N2O/c1-3-11-5-4-6-12-7-13-9-16-8-10(2)18-15(13)17-14(11)12/h4-7,10,16H,3,8-9H2,1-2H3/t10-/m0/s1. The lowest BCUT2D eigenvalue weighted by atomic mass is 10.1. The highest BCUT2D eigenvalue weighted by Crippen LogP contribution is 2.26. The number of hydrogen-bond donors (Lipinski definition) is 1. The lowest BCUT2D eigenvalue weighted by Crippen LogP contribution is -2.25. The van der Waals surface area contributed by atoms with E-state index in [9.17, 15) is 0 Å². The highest BCUT2D eigenvalue weighted by molar-refractivity contribution is 5.83. The maximum atomic E-state index is 5.89. The van der Waals surface area contributed by atoms with Gasteiger partial charge in [0.15, 0.2) is 0 Å². The first kappa shape index (κ1) is 11.5. The topological polar surface area (TPSA) is 34.1 Å². The second-order valence-electron chi connectivity index (χ2n) is 4.85. The molecule has 3 nitrogen and oxygen atoms in total. The van der Waals surface area contributed by atoms with Crippen LogP contribution in [0.3, 0.4) is 0 Å². The van der Waals surface area contributed by atoms with Crippen LogP contribution in [0.1, 0.15) is 25.0 Å². The molecule has 0 bridgehead atoms. The van der Waals surface area contributed by atoms with Crippen LogP contribution in [0.15, 0.2) is 24.3 Å². The normalized spacial score (nSPS) is 19.1. The van der Waals surface area contributed by atoms with E-state index in [4.69, 9.17) is 9.72 Å². The van der Waals surface area contributed by atoms with Crippen molar-refractivity contribution in [2.24, 2.45) is 0 Å². The molecule has 2 heterocycles. The molecule has 0 unspecified atom stereocenters. The van der Waals surface area contributed by atoms with Crippen LogP contribution >= 0.6 is 0 Å². The summed E-state index contributed by atoms with van der Waals surface area (Å²) in [6, 6.07) is 8.56. The van der Waals surface area contributed by atoms with Crippen molar-refractivity contribution >= 4 is 10.9 Å². The summed E-state index contributed by atoms with van der Waals surface area (Å²) in [7, 11) is 0. The third-order valence-electron chi connectivity index (χ3n) is 3.41. The van der Waals surface area contributed by atoms with Gasteiger partial charge in [-0.2, -0.15) is 0 Å². The lowest BCUT2D eigenvalue weighted by Gasteiger charge is -2.12. The van der Waals surface area contributed by atoms with Crippen molar-refractivity contribution in [2.45, 2.75) is 32.9 Å². The Bertz CT molecular complexity index is 580. The number of hydrogen-bond acceptors (Lipinski definition) is 3. The Kier molecular flexibility index (Phi) is 2.92. The highest BCUT2D eigenvalue weighted by Gasteiger charge is 2.16. The summed E-state index contributed by atoms with van der Waals surface area (Å²) in [5.41, 5.74) is 3.51. The minimum absolute atomic E-state index is 0.171. The number of rotatable bonds is 1. The molecule has 1 aliphatic heterocycles. The maximum absolute atomic E-state index is 5.89. The molecule has 0 saturated heterocycles. The molecular formula is C15H18N2O. The molecule has 0 fully saturated rings. The van der Waals surface area contributed by atoms with Gasteiger partial charge >= 0.3 is 0 Å². The Hall–Kier alpha value is -1.61. The molecule has 0 aliphatic carbocycles. The third-order valence-corrected chi connectivity index (χ3v) is 3.41. The zero-order valence-corrected chi connectivity index (χ0v) is 10.9. The number of pyridine rings is 1. The highest BCUT2D eigenvalue weighted by atomic mass is 16.5. The van der Waals surface area contributed by atoms with Crippen molar-refractivity contribution in [1.82, 2.24) is 10.3 Å². The largest absolute Gasteiger partial charge is 0.473 e.